The van der Waals surface area contributed by atoms with Gasteiger partial charge in [0.1, 0.15) is 6.29 Å². The zero-order valence-electron chi connectivity index (χ0n) is 9.93. The van der Waals surface area contributed by atoms with Crippen LogP contribution in [0.5, 0.6) is 0 Å². The summed E-state index contributed by atoms with van der Waals surface area (Å²) in [5, 5.41) is 0. The summed E-state index contributed by atoms with van der Waals surface area (Å²) in [4.78, 5) is 10.2. The maximum Gasteiger partial charge on any atom is 0.120 e. The van der Waals surface area contributed by atoms with E-state index in [9.17, 15) is 4.79 Å². The van der Waals surface area contributed by atoms with Gasteiger partial charge in [0.05, 0.1) is 0 Å². The second-order valence-corrected chi connectivity index (χ2v) is 4.41. The Hall–Kier alpha value is -0.330. The SMILES string of the molecule is CCCCCCCC[C@H](C)CCC=O. The number of carbonyl (C=O) groups is 1. The lowest BCUT2D eigenvalue weighted by molar-refractivity contribution is -0.108. The molecule has 0 heterocycles. The van der Waals surface area contributed by atoms with Crippen LogP contribution in [0.25, 0.3) is 0 Å². The van der Waals surface area contributed by atoms with Gasteiger partial charge in [0.15, 0.2) is 0 Å². The fraction of sp³-hybridized carbons (Fsp3) is 0.923. The molecule has 0 radical (unpaired) electrons. The molecule has 0 saturated carbocycles. The van der Waals surface area contributed by atoms with Gasteiger partial charge in [-0.1, -0.05) is 58.8 Å². The lowest BCUT2D eigenvalue weighted by Crippen LogP contribution is -1.95. The van der Waals surface area contributed by atoms with Gasteiger partial charge in [0.25, 0.3) is 0 Å². The van der Waals surface area contributed by atoms with Gasteiger partial charge < -0.3 is 4.79 Å². The normalized spacial score (nSPS) is 12.7. The van der Waals surface area contributed by atoms with Gasteiger partial charge in [-0.15, -0.1) is 0 Å². The summed E-state index contributed by atoms with van der Waals surface area (Å²) < 4.78 is 0. The van der Waals surface area contributed by atoms with Crippen LogP contribution in [0, 0.1) is 5.92 Å². The third-order valence-corrected chi connectivity index (χ3v) is 2.83. The highest BCUT2D eigenvalue weighted by Crippen LogP contribution is 2.15. The van der Waals surface area contributed by atoms with Crippen LogP contribution in [0.15, 0.2) is 0 Å². The number of carbonyl (C=O) groups excluding carboxylic acids is 1. The molecule has 0 spiro atoms. The largest absolute Gasteiger partial charge is 0.303 e. The molecule has 0 fully saturated rings. The van der Waals surface area contributed by atoms with E-state index in [1.54, 1.807) is 0 Å². The van der Waals surface area contributed by atoms with Crippen LogP contribution in [-0.2, 0) is 4.79 Å². The second-order valence-electron chi connectivity index (χ2n) is 4.41. The number of hydrogen-bond donors (Lipinski definition) is 0. The van der Waals surface area contributed by atoms with Crippen molar-refractivity contribution in [3.05, 3.63) is 0 Å². The van der Waals surface area contributed by atoms with Crippen molar-refractivity contribution in [3.63, 3.8) is 0 Å². The van der Waals surface area contributed by atoms with E-state index >= 15 is 0 Å². The Morgan fingerprint density at radius 3 is 2.29 bits per heavy atom. The monoisotopic (exact) mass is 198 g/mol. The fourth-order valence-corrected chi connectivity index (χ4v) is 1.77. The van der Waals surface area contributed by atoms with E-state index in [-0.39, 0.29) is 0 Å². The number of unbranched alkanes of at least 4 members (excludes halogenated alkanes) is 5. The Morgan fingerprint density at radius 1 is 1.00 bits per heavy atom. The first-order valence-corrected chi connectivity index (χ1v) is 6.24. The molecule has 0 aliphatic heterocycles. The molecule has 1 heteroatoms. The van der Waals surface area contributed by atoms with Crippen molar-refractivity contribution in [3.8, 4) is 0 Å². The van der Waals surface area contributed by atoms with E-state index in [0.29, 0.717) is 0 Å². The number of aldehydes is 1. The highest BCUT2D eigenvalue weighted by molar-refractivity contribution is 5.49. The Balaban J connectivity index is 3.06. The van der Waals surface area contributed by atoms with E-state index < -0.39 is 0 Å². The van der Waals surface area contributed by atoms with E-state index in [4.69, 9.17) is 0 Å². The average Bonchev–Trinajstić information content (AvgIpc) is 2.20. The summed E-state index contributed by atoms with van der Waals surface area (Å²) in [5.74, 6) is 0.742. The quantitative estimate of drug-likeness (QED) is 0.377. The fourth-order valence-electron chi connectivity index (χ4n) is 1.77. The molecule has 0 aromatic rings. The molecule has 0 saturated heterocycles. The molecular weight excluding hydrogens is 172 g/mol. The minimum Gasteiger partial charge on any atom is -0.303 e. The Kier molecular flexibility index (Phi) is 10.5. The minimum absolute atomic E-state index is 0.742. The van der Waals surface area contributed by atoms with Crippen molar-refractivity contribution in [2.75, 3.05) is 0 Å². The average molecular weight is 198 g/mol. The lowest BCUT2D eigenvalue weighted by Gasteiger charge is -2.08. The first-order chi connectivity index (χ1) is 6.81. The van der Waals surface area contributed by atoms with E-state index in [2.05, 4.69) is 13.8 Å². The van der Waals surface area contributed by atoms with Gasteiger partial charge in [-0.25, -0.2) is 0 Å². The highest BCUT2D eigenvalue weighted by Gasteiger charge is 2.00. The van der Waals surface area contributed by atoms with Crippen LogP contribution in [0.1, 0.15) is 71.6 Å². The van der Waals surface area contributed by atoms with Crippen molar-refractivity contribution in [2.45, 2.75) is 71.6 Å². The summed E-state index contributed by atoms with van der Waals surface area (Å²) in [5.41, 5.74) is 0. The number of rotatable bonds is 10. The molecule has 1 atom stereocenters. The predicted molar refractivity (Wildman–Crippen MR) is 62.5 cm³/mol. The molecular formula is C13H26O. The molecule has 0 unspecified atom stereocenters. The van der Waals surface area contributed by atoms with Gasteiger partial charge in [-0.3, -0.25) is 0 Å². The Morgan fingerprint density at radius 2 is 1.64 bits per heavy atom. The summed E-state index contributed by atoms with van der Waals surface area (Å²) in [6, 6.07) is 0. The zero-order chi connectivity index (χ0) is 10.6. The van der Waals surface area contributed by atoms with Crippen molar-refractivity contribution >= 4 is 6.29 Å². The van der Waals surface area contributed by atoms with E-state index in [0.717, 1.165) is 25.0 Å². The molecule has 84 valence electrons. The van der Waals surface area contributed by atoms with E-state index in [1.807, 2.05) is 0 Å². The molecule has 0 aliphatic rings. The molecule has 0 aliphatic carbocycles. The van der Waals surface area contributed by atoms with Gasteiger partial charge in [0.2, 0.25) is 0 Å². The topological polar surface area (TPSA) is 17.1 Å². The standard InChI is InChI=1S/C13H26O/c1-3-4-5-6-7-8-10-13(2)11-9-12-14/h12-13H,3-11H2,1-2H3/t13-/m0/s1. The van der Waals surface area contributed by atoms with Gasteiger partial charge in [-0.2, -0.15) is 0 Å². The van der Waals surface area contributed by atoms with E-state index in [1.165, 1.54) is 44.9 Å². The first kappa shape index (κ1) is 13.7. The van der Waals surface area contributed by atoms with Gasteiger partial charge >= 0.3 is 0 Å². The maximum atomic E-state index is 10.2. The second kappa shape index (κ2) is 10.7. The van der Waals surface area contributed by atoms with Crippen LogP contribution < -0.4 is 0 Å². The first-order valence-electron chi connectivity index (χ1n) is 6.24. The van der Waals surface area contributed by atoms with Crippen molar-refractivity contribution in [1.29, 1.82) is 0 Å². The van der Waals surface area contributed by atoms with Crippen LogP contribution in [-0.4, -0.2) is 6.29 Å². The Labute approximate surface area is 89.3 Å². The van der Waals surface area contributed by atoms with Crippen LogP contribution in [0.3, 0.4) is 0 Å². The molecule has 14 heavy (non-hydrogen) atoms. The van der Waals surface area contributed by atoms with Gasteiger partial charge in [-0.05, 0) is 12.3 Å². The van der Waals surface area contributed by atoms with Crippen LogP contribution in [0.2, 0.25) is 0 Å². The summed E-state index contributed by atoms with van der Waals surface area (Å²) in [6.07, 6.45) is 12.4. The minimum atomic E-state index is 0.742. The van der Waals surface area contributed by atoms with Crippen LogP contribution in [0.4, 0.5) is 0 Å². The summed E-state index contributed by atoms with van der Waals surface area (Å²) >= 11 is 0. The van der Waals surface area contributed by atoms with Crippen LogP contribution >= 0.6 is 0 Å². The Bertz CT molecular complexity index is 120. The summed E-state index contributed by atoms with van der Waals surface area (Å²) in [7, 11) is 0. The molecule has 0 rings (SSSR count). The van der Waals surface area contributed by atoms with Crippen molar-refractivity contribution in [1.82, 2.24) is 0 Å². The highest BCUT2D eigenvalue weighted by atomic mass is 16.1. The predicted octanol–water partition coefficient (Wildman–Crippen LogP) is 4.35. The molecule has 0 amide bonds. The molecule has 0 N–H and O–H groups in total. The molecule has 0 aromatic carbocycles. The van der Waals surface area contributed by atoms with Crippen molar-refractivity contribution < 1.29 is 4.79 Å². The lowest BCUT2D eigenvalue weighted by atomic mass is 9.98. The van der Waals surface area contributed by atoms with Crippen molar-refractivity contribution in [2.24, 2.45) is 5.92 Å². The third-order valence-electron chi connectivity index (χ3n) is 2.83. The zero-order valence-corrected chi connectivity index (χ0v) is 9.93. The molecule has 0 bridgehead atoms. The molecule has 1 nitrogen and oxygen atoms in total. The maximum absolute atomic E-state index is 10.2. The number of hydrogen-bond acceptors (Lipinski definition) is 1. The third kappa shape index (κ3) is 9.76. The smallest absolute Gasteiger partial charge is 0.120 e. The molecule has 0 aromatic heterocycles. The van der Waals surface area contributed by atoms with Gasteiger partial charge in [0, 0.05) is 6.42 Å². The summed E-state index contributed by atoms with van der Waals surface area (Å²) in [6.45, 7) is 4.51.